The normalized spacial score (nSPS) is 15.0. The number of methoxy groups -OCH3 is 2. The Bertz CT molecular complexity index is 1790. The number of hydrogen-bond donors (Lipinski definition) is 2. The maximum absolute atomic E-state index is 13.9. The lowest BCUT2D eigenvalue weighted by Crippen LogP contribution is -2.40. The van der Waals surface area contributed by atoms with Gasteiger partial charge in [-0.05, 0) is 55.5 Å². The molecule has 0 fully saturated rings. The van der Waals surface area contributed by atoms with Gasteiger partial charge < -0.3 is 19.9 Å². The van der Waals surface area contributed by atoms with E-state index < -0.39 is 6.04 Å². The highest BCUT2D eigenvalue weighted by molar-refractivity contribution is 9.10. The fourth-order valence-electron chi connectivity index (χ4n) is 4.45. The van der Waals surface area contributed by atoms with Crippen LogP contribution in [0.5, 0.6) is 17.2 Å². The number of aromatic hydroxyl groups is 1. The van der Waals surface area contributed by atoms with Gasteiger partial charge in [-0.2, -0.15) is 0 Å². The number of ether oxygens (including phenoxy) is 2. The number of rotatable bonds is 6. The van der Waals surface area contributed by atoms with Crippen molar-refractivity contribution < 1.29 is 19.4 Å². The van der Waals surface area contributed by atoms with Gasteiger partial charge >= 0.3 is 0 Å². The van der Waals surface area contributed by atoms with Crippen LogP contribution in [0.2, 0.25) is 0 Å². The summed E-state index contributed by atoms with van der Waals surface area (Å²) < 4.78 is 13.7. The minimum Gasteiger partial charge on any atom is -0.507 e. The van der Waals surface area contributed by atoms with Crippen LogP contribution in [0.1, 0.15) is 24.1 Å². The number of nitrogens with zero attached hydrogens (tertiary/aromatic N) is 2. The van der Waals surface area contributed by atoms with Crippen molar-refractivity contribution in [1.82, 2.24) is 4.57 Å². The van der Waals surface area contributed by atoms with Gasteiger partial charge in [0.1, 0.15) is 23.3 Å². The summed E-state index contributed by atoms with van der Waals surface area (Å²) in [6.45, 7) is 1.75. The van der Waals surface area contributed by atoms with Crippen LogP contribution in [0.4, 0.5) is 5.69 Å². The second-order valence-corrected chi connectivity index (χ2v) is 10.6. The van der Waals surface area contributed by atoms with Gasteiger partial charge in [-0.25, -0.2) is 4.99 Å². The molecule has 0 saturated heterocycles. The van der Waals surface area contributed by atoms with E-state index in [9.17, 15) is 14.7 Å². The Morgan fingerprint density at radius 2 is 1.87 bits per heavy atom. The molecular formula is C29H24BrN3O5S. The zero-order chi connectivity index (χ0) is 27.7. The Kier molecular flexibility index (Phi) is 7.40. The summed E-state index contributed by atoms with van der Waals surface area (Å²) >= 11 is 4.59. The van der Waals surface area contributed by atoms with E-state index in [2.05, 4.69) is 26.2 Å². The lowest BCUT2D eigenvalue weighted by atomic mass is 9.94. The number of carbonyl (C=O) groups excluding carboxylic acids is 1. The molecule has 1 aliphatic rings. The van der Waals surface area contributed by atoms with Gasteiger partial charge in [0.2, 0.25) is 0 Å². The lowest BCUT2D eigenvalue weighted by molar-refractivity contribution is -0.113. The lowest BCUT2D eigenvalue weighted by Gasteiger charge is -2.26. The van der Waals surface area contributed by atoms with E-state index in [-0.39, 0.29) is 17.2 Å². The van der Waals surface area contributed by atoms with E-state index in [0.29, 0.717) is 48.9 Å². The number of halogens is 1. The predicted octanol–water partition coefficient (Wildman–Crippen LogP) is 4.36. The number of phenols is 1. The molecule has 0 saturated carbocycles. The largest absolute Gasteiger partial charge is 0.507 e. The van der Waals surface area contributed by atoms with Gasteiger partial charge in [0, 0.05) is 27.4 Å². The first kappa shape index (κ1) is 26.5. The third kappa shape index (κ3) is 5.13. The molecule has 198 valence electrons. The van der Waals surface area contributed by atoms with Crippen LogP contribution < -0.4 is 29.7 Å². The summed E-state index contributed by atoms with van der Waals surface area (Å²) in [6.07, 6.45) is 1.62. The molecule has 10 heteroatoms. The molecule has 1 atom stereocenters. The molecule has 39 heavy (non-hydrogen) atoms. The molecule has 1 amide bonds. The van der Waals surface area contributed by atoms with Crippen LogP contribution in [-0.4, -0.2) is 29.8 Å². The molecule has 0 bridgehead atoms. The van der Waals surface area contributed by atoms with Gasteiger partial charge in [-0.1, -0.05) is 45.5 Å². The molecule has 5 rings (SSSR count). The molecule has 0 radical (unpaired) electrons. The van der Waals surface area contributed by atoms with E-state index in [4.69, 9.17) is 9.47 Å². The molecule has 1 aromatic heterocycles. The van der Waals surface area contributed by atoms with Crippen molar-refractivity contribution in [2.75, 3.05) is 19.5 Å². The highest BCUT2D eigenvalue weighted by atomic mass is 79.9. The van der Waals surface area contributed by atoms with Crippen molar-refractivity contribution in [3.05, 3.63) is 113 Å². The number of aromatic nitrogens is 1. The number of fused-ring (bicyclic) bond motifs is 1. The number of phenolic OH excluding ortho intramolecular Hbond substituents is 1. The molecule has 2 heterocycles. The SMILES string of the molecule is COc1ccc([C@H]2C(C(=O)Nc3ccccc3)=C(C)N=c3s/c(=C\c4cc(Br)ccc4O)c(=O)n32)c(OC)c1. The Hall–Kier alpha value is -4.15. The monoisotopic (exact) mass is 605 g/mol. The van der Waals surface area contributed by atoms with E-state index in [1.165, 1.54) is 23.0 Å². The van der Waals surface area contributed by atoms with Crippen molar-refractivity contribution in [3.63, 3.8) is 0 Å². The smallest absolute Gasteiger partial charge is 0.271 e. The number of benzene rings is 3. The second-order valence-electron chi connectivity index (χ2n) is 8.71. The van der Waals surface area contributed by atoms with Gasteiger partial charge in [-0.15, -0.1) is 0 Å². The minimum absolute atomic E-state index is 0.0384. The van der Waals surface area contributed by atoms with Crippen molar-refractivity contribution in [2.45, 2.75) is 13.0 Å². The van der Waals surface area contributed by atoms with Crippen molar-refractivity contribution >= 4 is 44.9 Å². The number of allylic oxidation sites excluding steroid dienone is 1. The first-order valence-electron chi connectivity index (χ1n) is 11.9. The minimum atomic E-state index is -0.830. The number of carbonyl (C=O) groups is 1. The number of anilines is 1. The van der Waals surface area contributed by atoms with Crippen LogP contribution >= 0.6 is 27.3 Å². The standard InChI is InChI=1S/C29H24BrN3O5S/c1-16-25(27(35)32-19-7-5-4-6-8-19)26(21-11-10-20(37-2)15-23(21)38-3)33-28(36)24(39-29(33)31-16)14-17-13-18(30)9-12-22(17)34/h4-15,26,34H,1-3H3,(H,32,35)/b24-14-/t26-/m0/s1. The average molecular weight is 606 g/mol. The van der Waals surface area contributed by atoms with Crippen LogP contribution in [0.3, 0.4) is 0 Å². The van der Waals surface area contributed by atoms with Crippen LogP contribution in [0, 0.1) is 0 Å². The molecular weight excluding hydrogens is 582 g/mol. The van der Waals surface area contributed by atoms with Crippen molar-refractivity contribution in [1.29, 1.82) is 0 Å². The summed E-state index contributed by atoms with van der Waals surface area (Å²) in [5.74, 6) is 0.683. The highest BCUT2D eigenvalue weighted by Gasteiger charge is 2.34. The Morgan fingerprint density at radius 1 is 1.10 bits per heavy atom. The van der Waals surface area contributed by atoms with Crippen LogP contribution in [-0.2, 0) is 4.79 Å². The number of thiazole rings is 1. The Balaban J connectivity index is 1.74. The number of nitrogens with one attached hydrogen (secondary N) is 1. The van der Waals surface area contributed by atoms with Gasteiger partial charge in [-0.3, -0.25) is 14.2 Å². The topological polar surface area (TPSA) is 102 Å². The van der Waals surface area contributed by atoms with Gasteiger partial charge in [0.25, 0.3) is 11.5 Å². The highest BCUT2D eigenvalue weighted by Crippen LogP contribution is 2.37. The molecule has 0 unspecified atom stereocenters. The predicted molar refractivity (Wildman–Crippen MR) is 154 cm³/mol. The second kappa shape index (κ2) is 10.9. The maximum Gasteiger partial charge on any atom is 0.271 e. The third-order valence-corrected chi connectivity index (χ3v) is 7.79. The summed E-state index contributed by atoms with van der Waals surface area (Å²) in [4.78, 5) is 32.7. The van der Waals surface area contributed by atoms with Crippen LogP contribution in [0.15, 0.2) is 92.3 Å². The fourth-order valence-corrected chi connectivity index (χ4v) is 5.87. The first-order valence-corrected chi connectivity index (χ1v) is 13.5. The molecule has 2 N–H and O–H groups in total. The third-order valence-electron chi connectivity index (χ3n) is 6.31. The number of para-hydroxylation sites is 1. The maximum atomic E-state index is 13.9. The Morgan fingerprint density at radius 3 is 2.59 bits per heavy atom. The molecule has 4 aromatic rings. The number of amides is 1. The number of hydrogen-bond acceptors (Lipinski definition) is 7. The summed E-state index contributed by atoms with van der Waals surface area (Å²) in [7, 11) is 3.08. The van der Waals surface area contributed by atoms with Gasteiger partial charge in [0.05, 0.1) is 30.0 Å². The zero-order valence-electron chi connectivity index (χ0n) is 21.3. The van der Waals surface area contributed by atoms with Crippen molar-refractivity contribution in [3.8, 4) is 17.2 Å². The summed E-state index contributed by atoms with van der Waals surface area (Å²) in [5.41, 5.74) is 2.13. The molecule has 0 spiro atoms. The molecule has 0 aliphatic carbocycles. The molecule has 1 aliphatic heterocycles. The quantitative estimate of drug-likeness (QED) is 0.340. The molecule has 3 aromatic carbocycles. The van der Waals surface area contributed by atoms with E-state index in [0.717, 1.165) is 4.47 Å². The average Bonchev–Trinajstić information content (AvgIpc) is 3.24. The first-order chi connectivity index (χ1) is 18.8. The summed E-state index contributed by atoms with van der Waals surface area (Å²) in [6, 6.07) is 18.5. The Labute approximate surface area is 236 Å². The summed E-state index contributed by atoms with van der Waals surface area (Å²) in [5, 5.41) is 13.3. The van der Waals surface area contributed by atoms with E-state index in [1.54, 1.807) is 68.6 Å². The van der Waals surface area contributed by atoms with E-state index in [1.807, 2.05) is 18.2 Å². The zero-order valence-corrected chi connectivity index (χ0v) is 23.7. The van der Waals surface area contributed by atoms with Gasteiger partial charge in [0.15, 0.2) is 4.80 Å². The fraction of sp³-hybridized carbons (Fsp3) is 0.138. The van der Waals surface area contributed by atoms with E-state index >= 15 is 0 Å². The van der Waals surface area contributed by atoms with Crippen LogP contribution in [0.25, 0.3) is 6.08 Å². The molecule has 8 nitrogen and oxygen atoms in total. The van der Waals surface area contributed by atoms with Crippen molar-refractivity contribution in [2.24, 2.45) is 4.99 Å².